The van der Waals surface area contributed by atoms with Crippen LogP contribution in [-0.2, 0) is 9.53 Å². The van der Waals surface area contributed by atoms with Crippen molar-refractivity contribution >= 4 is 17.5 Å². The number of hydrogen-bond donors (Lipinski definition) is 0. The minimum absolute atomic E-state index is 0.131. The molecule has 1 unspecified atom stereocenters. The number of esters is 1. The Kier molecular flexibility index (Phi) is 4.02. The van der Waals surface area contributed by atoms with E-state index in [1.165, 1.54) is 0 Å². The number of ketones is 2. The largest absolute Gasteiger partial charge is 0.445 e. The quantitative estimate of drug-likeness (QED) is 0.625. The number of ether oxygens (including phenoxy) is 1. The first-order chi connectivity index (χ1) is 9.47. The van der Waals surface area contributed by atoms with Gasteiger partial charge in [0.1, 0.15) is 0 Å². The van der Waals surface area contributed by atoms with Gasteiger partial charge in [-0.05, 0) is 17.9 Å². The number of benzene rings is 1. The molecule has 0 saturated heterocycles. The standard InChI is InChI=1S/C16H18O4/c1-4-6-12(17)20-16-14(18)11-8-5-7-10(9(2)3)13(11)15(16)19/h5,7-9,16H,4,6H2,1-3H3. The second-order valence-electron chi connectivity index (χ2n) is 5.27. The third-order valence-corrected chi connectivity index (χ3v) is 3.41. The Hall–Kier alpha value is -1.97. The lowest BCUT2D eigenvalue weighted by molar-refractivity contribution is -0.145. The Labute approximate surface area is 118 Å². The van der Waals surface area contributed by atoms with E-state index in [1.807, 2.05) is 26.8 Å². The molecule has 1 aromatic carbocycles. The first-order valence-electron chi connectivity index (χ1n) is 6.88. The van der Waals surface area contributed by atoms with Crippen LogP contribution >= 0.6 is 0 Å². The molecule has 1 aliphatic rings. The lowest BCUT2D eigenvalue weighted by Gasteiger charge is -2.10. The molecule has 1 aliphatic carbocycles. The van der Waals surface area contributed by atoms with Crippen molar-refractivity contribution in [2.45, 2.75) is 45.6 Å². The van der Waals surface area contributed by atoms with Crippen LogP contribution in [0.5, 0.6) is 0 Å². The van der Waals surface area contributed by atoms with Crippen molar-refractivity contribution in [3.05, 3.63) is 34.9 Å². The molecule has 1 aromatic rings. The molecule has 106 valence electrons. The predicted octanol–water partition coefficient (Wildman–Crippen LogP) is 2.90. The molecule has 0 amide bonds. The highest BCUT2D eigenvalue weighted by Gasteiger charge is 2.42. The fourth-order valence-electron chi connectivity index (χ4n) is 2.42. The van der Waals surface area contributed by atoms with Crippen LogP contribution in [0.15, 0.2) is 18.2 Å². The van der Waals surface area contributed by atoms with Crippen LogP contribution in [0.1, 0.15) is 65.8 Å². The van der Waals surface area contributed by atoms with Crippen molar-refractivity contribution in [1.29, 1.82) is 0 Å². The number of rotatable bonds is 4. The zero-order valence-electron chi connectivity index (χ0n) is 11.9. The average molecular weight is 274 g/mol. The molecule has 2 rings (SSSR count). The highest BCUT2D eigenvalue weighted by molar-refractivity contribution is 6.29. The summed E-state index contributed by atoms with van der Waals surface area (Å²) in [6.07, 6.45) is -0.452. The van der Waals surface area contributed by atoms with Gasteiger partial charge in [-0.2, -0.15) is 0 Å². The van der Waals surface area contributed by atoms with Crippen LogP contribution in [0.3, 0.4) is 0 Å². The molecule has 4 nitrogen and oxygen atoms in total. The van der Waals surface area contributed by atoms with Gasteiger partial charge in [0.05, 0.1) is 0 Å². The molecule has 0 bridgehead atoms. The zero-order valence-corrected chi connectivity index (χ0v) is 11.9. The molecule has 20 heavy (non-hydrogen) atoms. The minimum Gasteiger partial charge on any atom is -0.445 e. The van der Waals surface area contributed by atoms with Crippen LogP contribution in [-0.4, -0.2) is 23.6 Å². The van der Waals surface area contributed by atoms with Gasteiger partial charge in [0.15, 0.2) is 0 Å². The molecule has 0 aromatic heterocycles. The van der Waals surface area contributed by atoms with Crippen LogP contribution in [0, 0.1) is 0 Å². The Balaban J connectivity index is 2.35. The predicted molar refractivity (Wildman–Crippen MR) is 74.0 cm³/mol. The van der Waals surface area contributed by atoms with Crippen molar-refractivity contribution in [3.8, 4) is 0 Å². The van der Waals surface area contributed by atoms with Gasteiger partial charge in [-0.1, -0.05) is 39.0 Å². The molecule has 0 heterocycles. The minimum atomic E-state index is -1.29. The van der Waals surface area contributed by atoms with Crippen LogP contribution < -0.4 is 0 Å². The van der Waals surface area contributed by atoms with Gasteiger partial charge in [-0.25, -0.2) is 0 Å². The Bertz CT molecular complexity index is 572. The maximum atomic E-state index is 12.4. The third-order valence-electron chi connectivity index (χ3n) is 3.41. The van der Waals surface area contributed by atoms with Crippen molar-refractivity contribution in [1.82, 2.24) is 0 Å². The zero-order chi connectivity index (χ0) is 14.9. The van der Waals surface area contributed by atoms with E-state index in [4.69, 9.17) is 4.74 Å². The lowest BCUT2D eigenvalue weighted by Crippen LogP contribution is -2.29. The van der Waals surface area contributed by atoms with Gasteiger partial charge in [-0.15, -0.1) is 0 Å². The van der Waals surface area contributed by atoms with Crippen molar-refractivity contribution in [2.24, 2.45) is 0 Å². The molecule has 0 saturated carbocycles. The smallest absolute Gasteiger partial charge is 0.306 e. The SMILES string of the molecule is CCCC(=O)OC1C(=O)c2cccc(C(C)C)c2C1=O. The van der Waals surface area contributed by atoms with E-state index in [2.05, 4.69) is 0 Å². The van der Waals surface area contributed by atoms with Gasteiger partial charge < -0.3 is 4.74 Å². The highest BCUT2D eigenvalue weighted by atomic mass is 16.5. The number of hydrogen-bond acceptors (Lipinski definition) is 4. The summed E-state index contributed by atoms with van der Waals surface area (Å²) in [5.41, 5.74) is 1.62. The van der Waals surface area contributed by atoms with Gasteiger partial charge in [-0.3, -0.25) is 14.4 Å². The van der Waals surface area contributed by atoms with E-state index in [0.717, 1.165) is 5.56 Å². The molecule has 1 atom stereocenters. The first kappa shape index (κ1) is 14.4. The fourth-order valence-corrected chi connectivity index (χ4v) is 2.42. The van der Waals surface area contributed by atoms with E-state index in [1.54, 1.807) is 12.1 Å². The fraction of sp³-hybridized carbons (Fsp3) is 0.438. The second-order valence-corrected chi connectivity index (χ2v) is 5.27. The second kappa shape index (κ2) is 5.57. The molecular formula is C16H18O4. The van der Waals surface area contributed by atoms with Crippen molar-refractivity contribution in [2.75, 3.05) is 0 Å². The molecule has 0 spiro atoms. The van der Waals surface area contributed by atoms with Gasteiger partial charge in [0, 0.05) is 17.5 Å². The summed E-state index contributed by atoms with van der Waals surface area (Å²) < 4.78 is 5.06. The summed E-state index contributed by atoms with van der Waals surface area (Å²) in [4.78, 5) is 36.1. The number of fused-ring (bicyclic) bond motifs is 1. The third kappa shape index (κ3) is 2.38. The van der Waals surface area contributed by atoms with E-state index in [0.29, 0.717) is 17.5 Å². The van der Waals surface area contributed by atoms with Crippen LogP contribution in [0.4, 0.5) is 0 Å². The van der Waals surface area contributed by atoms with Crippen LogP contribution in [0.2, 0.25) is 0 Å². The summed E-state index contributed by atoms with van der Waals surface area (Å²) in [5, 5.41) is 0. The number of carbonyl (C=O) groups is 3. The molecular weight excluding hydrogens is 256 g/mol. The monoisotopic (exact) mass is 274 g/mol. The molecule has 4 heteroatoms. The lowest BCUT2D eigenvalue weighted by atomic mass is 9.94. The summed E-state index contributed by atoms with van der Waals surface area (Å²) >= 11 is 0. The number of carbonyl (C=O) groups excluding carboxylic acids is 3. The van der Waals surface area contributed by atoms with Crippen molar-refractivity contribution < 1.29 is 19.1 Å². The van der Waals surface area contributed by atoms with E-state index >= 15 is 0 Å². The van der Waals surface area contributed by atoms with E-state index in [9.17, 15) is 14.4 Å². The molecule has 0 aliphatic heterocycles. The van der Waals surface area contributed by atoms with Gasteiger partial charge >= 0.3 is 5.97 Å². The van der Waals surface area contributed by atoms with Crippen molar-refractivity contribution in [3.63, 3.8) is 0 Å². The Morgan fingerprint density at radius 1 is 1.25 bits per heavy atom. The maximum Gasteiger partial charge on any atom is 0.306 e. The van der Waals surface area contributed by atoms with Gasteiger partial charge in [0.25, 0.3) is 0 Å². The summed E-state index contributed by atoms with van der Waals surface area (Å²) in [6, 6.07) is 5.22. The topological polar surface area (TPSA) is 60.4 Å². The highest BCUT2D eigenvalue weighted by Crippen LogP contribution is 2.31. The number of Topliss-reactive ketones (excluding diaryl/α,β-unsaturated/α-hetero) is 2. The first-order valence-corrected chi connectivity index (χ1v) is 6.88. The summed E-state index contributed by atoms with van der Waals surface area (Å²) in [7, 11) is 0. The Morgan fingerprint density at radius 2 is 1.95 bits per heavy atom. The summed E-state index contributed by atoms with van der Waals surface area (Å²) in [5.74, 6) is -1.17. The molecule has 0 radical (unpaired) electrons. The maximum absolute atomic E-state index is 12.4. The summed E-state index contributed by atoms with van der Waals surface area (Å²) in [6.45, 7) is 5.76. The van der Waals surface area contributed by atoms with Crippen LogP contribution in [0.25, 0.3) is 0 Å². The molecule has 0 N–H and O–H groups in total. The van der Waals surface area contributed by atoms with Gasteiger partial charge in [0.2, 0.25) is 17.7 Å². The normalized spacial score (nSPS) is 17.5. The van der Waals surface area contributed by atoms with E-state index < -0.39 is 23.6 Å². The molecule has 0 fully saturated rings. The van der Waals surface area contributed by atoms with E-state index in [-0.39, 0.29) is 12.3 Å². The Morgan fingerprint density at radius 3 is 2.55 bits per heavy atom. The average Bonchev–Trinajstić information content (AvgIpc) is 2.64.